The van der Waals surface area contributed by atoms with Crippen molar-refractivity contribution < 1.29 is 4.74 Å². The summed E-state index contributed by atoms with van der Waals surface area (Å²) in [7, 11) is 0. The van der Waals surface area contributed by atoms with Crippen molar-refractivity contribution in [2.45, 2.75) is 20.3 Å². The molecule has 9 aromatic rings. The molecule has 0 bridgehead atoms. The number of aromatic nitrogens is 1. The lowest BCUT2D eigenvalue weighted by Crippen LogP contribution is -2.15. The molecule has 1 N–H and O–H groups in total. The quantitative estimate of drug-likeness (QED) is 0.117. The molecule has 60 heavy (non-hydrogen) atoms. The number of hydrogen-bond donors (Lipinski definition) is 1. The van der Waals surface area contributed by atoms with Crippen LogP contribution < -0.4 is 9.64 Å². The van der Waals surface area contributed by atoms with Gasteiger partial charge in [-0.05, 0) is 119 Å². The summed E-state index contributed by atoms with van der Waals surface area (Å²) in [4.78, 5) is 7.16. The van der Waals surface area contributed by atoms with Crippen LogP contribution in [0.25, 0.3) is 49.4 Å². The van der Waals surface area contributed by atoms with E-state index >= 15 is 0 Å². The van der Waals surface area contributed by atoms with E-state index in [0.717, 1.165) is 85.2 Å². The van der Waals surface area contributed by atoms with Crippen LogP contribution in [-0.2, 0) is 0 Å². The number of nitrogens with zero attached hydrogens (tertiary/aromatic N) is 3. The molecule has 0 saturated carbocycles. The Morgan fingerprint density at radius 3 is 2.20 bits per heavy atom. The van der Waals surface area contributed by atoms with Gasteiger partial charge in [0.25, 0.3) is 0 Å². The standard InChI is InChI=1S/C55H42N4O/c1-3-5-15-38(4-2)55(56)45-20-11-12-21-47(45)57-36-37-24-29-43(30-25-37)58-48-31-27-40(34-46(48)54-44-19-10-9-16-39(44)26-33-51(54)58)41-28-32-50-53(35-41)60-52-23-14-13-22-49(52)59(50)42-17-7-6-8-18-42/h3,5-36,56H,4H2,1-2H3/b5-3-,38-15+,56-55?,57-36?. The van der Waals surface area contributed by atoms with E-state index < -0.39 is 0 Å². The number of nitrogens with one attached hydrogen (secondary N) is 1. The molecular weight excluding hydrogens is 733 g/mol. The second kappa shape index (κ2) is 15.5. The van der Waals surface area contributed by atoms with Gasteiger partial charge in [0.05, 0.1) is 33.8 Å². The Hall–Kier alpha value is -7.76. The molecule has 5 heteroatoms. The smallest absolute Gasteiger partial charge is 0.152 e. The maximum atomic E-state index is 8.95. The van der Waals surface area contributed by atoms with Crippen molar-refractivity contribution in [3.05, 3.63) is 211 Å². The third-order valence-corrected chi connectivity index (χ3v) is 11.4. The van der Waals surface area contributed by atoms with E-state index in [2.05, 4.69) is 150 Å². The van der Waals surface area contributed by atoms with Gasteiger partial charge in [0.15, 0.2) is 11.5 Å². The Kier molecular flexibility index (Phi) is 9.47. The molecule has 288 valence electrons. The van der Waals surface area contributed by atoms with Gasteiger partial charge in [-0.15, -0.1) is 0 Å². The number of benzene rings is 8. The highest BCUT2D eigenvalue weighted by atomic mass is 16.5. The van der Waals surface area contributed by atoms with E-state index in [1.165, 1.54) is 21.5 Å². The maximum Gasteiger partial charge on any atom is 0.152 e. The van der Waals surface area contributed by atoms with Gasteiger partial charge < -0.3 is 14.2 Å². The van der Waals surface area contributed by atoms with Gasteiger partial charge in [0.1, 0.15) is 0 Å². The minimum atomic E-state index is 0.501. The molecule has 10 rings (SSSR count). The van der Waals surface area contributed by atoms with Crippen LogP contribution in [0.3, 0.4) is 0 Å². The van der Waals surface area contributed by atoms with Crippen LogP contribution in [0.1, 0.15) is 31.4 Å². The molecule has 0 spiro atoms. The van der Waals surface area contributed by atoms with Gasteiger partial charge >= 0.3 is 0 Å². The lowest BCUT2D eigenvalue weighted by molar-refractivity contribution is 0.477. The number of para-hydroxylation sites is 4. The topological polar surface area (TPSA) is 53.6 Å². The summed E-state index contributed by atoms with van der Waals surface area (Å²) in [6.45, 7) is 4.07. The average molecular weight is 775 g/mol. The first-order valence-corrected chi connectivity index (χ1v) is 20.5. The number of anilines is 3. The fourth-order valence-electron chi connectivity index (χ4n) is 8.45. The molecule has 0 atom stereocenters. The summed E-state index contributed by atoms with van der Waals surface area (Å²) in [6, 6.07) is 61.6. The second-order valence-electron chi connectivity index (χ2n) is 15.0. The Bertz CT molecular complexity index is 3190. The van der Waals surface area contributed by atoms with Crippen molar-refractivity contribution in [2.24, 2.45) is 4.99 Å². The molecule has 1 aromatic heterocycles. The number of fused-ring (bicyclic) bond motifs is 7. The first-order valence-electron chi connectivity index (χ1n) is 20.5. The first kappa shape index (κ1) is 36.6. The number of allylic oxidation sites excluding steroid dienone is 4. The molecule has 5 nitrogen and oxygen atoms in total. The van der Waals surface area contributed by atoms with Crippen LogP contribution in [0.4, 0.5) is 22.7 Å². The minimum Gasteiger partial charge on any atom is -0.453 e. The fraction of sp³-hybridized carbons (Fsp3) is 0.0545. The van der Waals surface area contributed by atoms with Gasteiger partial charge in [-0.1, -0.05) is 128 Å². The van der Waals surface area contributed by atoms with Crippen molar-refractivity contribution in [1.29, 1.82) is 5.41 Å². The molecule has 0 radical (unpaired) electrons. The van der Waals surface area contributed by atoms with Crippen molar-refractivity contribution >= 4 is 67.3 Å². The lowest BCUT2D eigenvalue weighted by atomic mass is 9.98. The van der Waals surface area contributed by atoms with Gasteiger partial charge in [-0.25, -0.2) is 0 Å². The summed E-state index contributed by atoms with van der Waals surface area (Å²) in [6.07, 6.45) is 8.66. The van der Waals surface area contributed by atoms with Crippen LogP contribution >= 0.6 is 0 Å². The number of hydrogen-bond acceptors (Lipinski definition) is 4. The van der Waals surface area contributed by atoms with Crippen molar-refractivity contribution in [2.75, 3.05) is 4.90 Å². The second-order valence-corrected chi connectivity index (χ2v) is 15.0. The Morgan fingerprint density at radius 2 is 1.35 bits per heavy atom. The van der Waals surface area contributed by atoms with Crippen LogP contribution in [0, 0.1) is 5.41 Å². The molecule has 8 aromatic carbocycles. The van der Waals surface area contributed by atoms with Gasteiger partial charge in [-0.3, -0.25) is 10.4 Å². The third kappa shape index (κ3) is 6.47. The third-order valence-electron chi connectivity index (χ3n) is 11.4. The van der Waals surface area contributed by atoms with Crippen molar-refractivity contribution in [1.82, 2.24) is 4.57 Å². The summed E-state index contributed by atoms with van der Waals surface area (Å²) in [5, 5.41) is 13.8. The van der Waals surface area contributed by atoms with Crippen LogP contribution in [0.5, 0.6) is 11.5 Å². The highest BCUT2D eigenvalue weighted by Gasteiger charge is 2.26. The molecule has 0 fully saturated rings. The fourth-order valence-corrected chi connectivity index (χ4v) is 8.45. The van der Waals surface area contributed by atoms with Gasteiger partial charge in [-0.2, -0.15) is 0 Å². The van der Waals surface area contributed by atoms with E-state index in [0.29, 0.717) is 5.71 Å². The van der Waals surface area contributed by atoms with Crippen LogP contribution in [-0.4, -0.2) is 16.5 Å². The van der Waals surface area contributed by atoms with Crippen LogP contribution in [0.15, 0.2) is 205 Å². The lowest BCUT2D eigenvalue weighted by Gasteiger charge is -2.33. The first-order chi connectivity index (χ1) is 29.6. The van der Waals surface area contributed by atoms with Crippen molar-refractivity contribution in [3.8, 4) is 28.3 Å². The van der Waals surface area contributed by atoms with Gasteiger partial charge in [0.2, 0.25) is 0 Å². The number of rotatable bonds is 9. The predicted octanol–water partition coefficient (Wildman–Crippen LogP) is 15.2. The highest BCUT2D eigenvalue weighted by Crippen LogP contribution is 2.51. The van der Waals surface area contributed by atoms with E-state index in [1.54, 1.807) is 0 Å². The average Bonchev–Trinajstić information content (AvgIpc) is 3.64. The van der Waals surface area contributed by atoms with Crippen LogP contribution in [0.2, 0.25) is 0 Å². The molecular formula is C55H42N4O. The Labute approximate surface area is 350 Å². The maximum absolute atomic E-state index is 8.95. The number of ether oxygens (including phenoxy) is 1. The zero-order valence-electron chi connectivity index (χ0n) is 33.5. The highest BCUT2D eigenvalue weighted by molar-refractivity contribution is 6.22. The SMILES string of the molecule is C/C=C\C=C(/CC)C(=N)c1ccccc1N=Cc1ccc(-n2c3ccc(-c4ccc5c(c4)Oc4ccccc4N5c4ccccc4)cc3c3c4ccccc4ccc32)cc1. The summed E-state index contributed by atoms with van der Waals surface area (Å²) in [5.41, 5.74) is 12.7. The molecule has 0 unspecified atom stereocenters. The molecule has 0 aliphatic carbocycles. The summed E-state index contributed by atoms with van der Waals surface area (Å²) < 4.78 is 8.96. The Balaban J connectivity index is 1.04. The largest absolute Gasteiger partial charge is 0.453 e. The molecule has 2 heterocycles. The zero-order valence-corrected chi connectivity index (χ0v) is 33.5. The normalized spacial score (nSPS) is 12.7. The minimum absolute atomic E-state index is 0.501. The summed E-state index contributed by atoms with van der Waals surface area (Å²) >= 11 is 0. The van der Waals surface area contributed by atoms with E-state index in [4.69, 9.17) is 15.1 Å². The van der Waals surface area contributed by atoms with E-state index in [9.17, 15) is 0 Å². The van der Waals surface area contributed by atoms with Crippen molar-refractivity contribution in [3.63, 3.8) is 0 Å². The zero-order chi connectivity index (χ0) is 40.6. The summed E-state index contributed by atoms with van der Waals surface area (Å²) in [5.74, 6) is 1.65. The van der Waals surface area contributed by atoms with E-state index in [-0.39, 0.29) is 0 Å². The molecule has 1 aliphatic heterocycles. The number of aliphatic imine (C=N–C) groups is 1. The molecule has 0 saturated heterocycles. The predicted molar refractivity (Wildman–Crippen MR) is 252 cm³/mol. The van der Waals surface area contributed by atoms with Gasteiger partial charge in [0, 0.05) is 33.9 Å². The molecule has 0 amide bonds. The Morgan fingerprint density at radius 1 is 0.633 bits per heavy atom. The molecule has 1 aliphatic rings. The van der Waals surface area contributed by atoms with E-state index in [1.807, 2.05) is 73.8 Å². The monoisotopic (exact) mass is 774 g/mol.